The molecule has 4 nitrogen and oxygen atoms in total. The summed E-state index contributed by atoms with van der Waals surface area (Å²) in [6, 6.07) is 0. The fourth-order valence-electron chi connectivity index (χ4n) is 1.47. The molecular weight excluding hydrogens is 222 g/mol. The van der Waals surface area contributed by atoms with Crippen molar-refractivity contribution in [1.29, 1.82) is 0 Å². The van der Waals surface area contributed by atoms with Crippen LogP contribution in [0.25, 0.3) is 0 Å². The van der Waals surface area contributed by atoms with Crippen molar-refractivity contribution < 1.29 is 4.79 Å². The largest absolute Gasteiger partial charge is 0.345 e. The first-order valence-corrected chi connectivity index (χ1v) is 5.72. The lowest BCUT2D eigenvalue weighted by Gasteiger charge is -2.40. The number of halogens is 1. The highest BCUT2D eigenvalue weighted by molar-refractivity contribution is 7.07. The fraction of sp³-hybridized carbons (Fsp3) is 0.625. The molecule has 1 fully saturated rings. The van der Waals surface area contributed by atoms with Gasteiger partial charge in [0.2, 0.25) is 0 Å². The maximum absolute atomic E-state index is 11.6. The lowest BCUT2D eigenvalue weighted by Crippen LogP contribution is -2.54. The molecule has 14 heavy (non-hydrogen) atoms. The smallest absolute Gasteiger partial charge is 0.265 e. The first-order chi connectivity index (χ1) is 6.76. The minimum absolute atomic E-state index is 0.111. The van der Waals surface area contributed by atoms with Gasteiger partial charge in [-0.1, -0.05) is 4.49 Å². The zero-order chi connectivity index (χ0) is 10.0. The molecule has 1 N–H and O–H groups in total. The standard InChI is InChI=1S/C8H10ClN3OS/c9-5-8(2-1-3-8)11-7(13)6-4-10-12-14-6/h4H,1-3,5H2,(H,11,13). The van der Waals surface area contributed by atoms with Crippen molar-refractivity contribution in [3.05, 3.63) is 11.1 Å². The Morgan fingerprint density at radius 1 is 1.71 bits per heavy atom. The minimum Gasteiger partial charge on any atom is -0.345 e. The molecule has 0 atom stereocenters. The summed E-state index contributed by atoms with van der Waals surface area (Å²) >= 11 is 6.92. The van der Waals surface area contributed by atoms with Crippen LogP contribution in [0.5, 0.6) is 0 Å². The van der Waals surface area contributed by atoms with Crippen LogP contribution in [-0.4, -0.2) is 26.9 Å². The minimum atomic E-state index is -0.178. The molecule has 0 unspecified atom stereocenters. The molecule has 1 saturated carbocycles. The van der Waals surface area contributed by atoms with Crippen LogP contribution in [0.3, 0.4) is 0 Å². The number of carbonyl (C=O) groups is 1. The molecular formula is C8H10ClN3OS. The lowest BCUT2D eigenvalue weighted by atomic mass is 9.78. The van der Waals surface area contributed by atoms with Gasteiger partial charge in [0.1, 0.15) is 4.88 Å². The van der Waals surface area contributed by atoms with E-state index < -0.39 is 0 Å². The van der Waals surface area contributed by atoms with Gasteiger partial charge in [0.15, 0.2) is 0 Å². The van der Waals surface area contributed by atoms with E-state index in [1.165, 1.54) is 6.20 Å². The maximum Gasteiger partial charge on any atom is 0.265 e. The van der Waals surface area contributed by atoms with Gasteiger partial charge >= 0.3 is 0 Å². The third-order valence-corrected chi connectivity index (χ3v) is 3.71. The molecule has 76 valence electrons. The van der Waals surface area contributed by atoms with Crippen LogP contribution in [0.2, 0.25) is 0 Å². The normalized spacial score (nSPS) is 18.6. The van der Waals surface area contributed by atoms with Crippen molar-refractivity contribution in [3.8, 4) is 0 Å². The van der Waals surface area contributed by atoms with Crippen molar-refractivity contribution in [2.24, 2.45) is 0 Å². The molecule has 0 saturated heterocycles. The van der Waals surface area contributed by atoms with Gasteiger partial charge in [0.05, 0.1) is 11.7 Å². The molecule has 0 radical (unpaired) electrons. The Morgan fingerprint density at radius 3 is 2.93 bits per heavy atom. The average molecular weight is 232 g/mol. The third-order valence-electron chi connectivity index (χ3n) is 2.53. The number of hydrogen-bond acceptors (Lipinski definition) is 4. The molecule has 1 aliphatic carbocycles. The van der Waals surface area contributed by atoms with Gasteiger partial charge in [0.25, 0.3) is 5.91 Å². The SMILES string of the molecule is O=C(NC1(CCl)CCC1)c1cnns1. The molecule has 1 amide bonds. The number of hydrogen-bond donors (Lipinski definition) is 1. The first kappa shape index (κ1) is 9.86. The molecule has 1 heterocycles. The van der Waals surface area contributed by atoms with Crippen molar-refractivity contribution in [3.63, 3.8) is 0 Å². The molecule has 0 aliphatic heterocycles. The van der Waals surface area contributed by atoms with Crippen LogP contribution in [0, 0.1) is 0 Å². The first-order valence-electron chi connectivity index (χ1n) is 4.42. The topological polar surface area (TPSA) is 54.9 Å². The van der Waals surface area contributed by atoms with E-state index in [9.17, 15) is 4.79 Å². The summed E-state index contributed by atoms with van der Waals surface area (Å²) in [5.41, 5.74) is -0.178. The number of alkyl halides is 1. The highest BCUT2D eigenvalue weighted by Crippen LogP contribution is 2.33. The Bertz CT molecular complexity index is 318. The average Bonchev–Trinajstić information content (AvgIpc) is 2.63. The summed E-state index contributed by atoms with van der Waals surface area (Å²) in [4.78, 5) is 12.2. The van der Waals surface area contributed by atoms with E-state index in [1.807, 2.05) is 0 Å². The number of rotatable bonds is 3. The van der Waals surface area contributed by atoms with E-state index in [-0.39, 0.29) is 11.4 Å². The van der Waals surface area contributed by atoms with Crippen molar-refractivity contribution in [1.82, 2.24) is 14.9 Å². The summed E-state index contributed by atoms with van der Waals surface area (Å²) in [7, 11) is 0. The van der Waals surface area contributed by atoms with E-state index in [0.717, 1.165) is 30.8 Å². The van der Waals surface area contributed by atoms with Crippen LogP contribution in [0.15, 0.2) is 6.20 Å². The van der Waals surface area contributed by atoms with Crippen molar-refractivity contribution in [2.45, 2.75) is 24.8 Å². The van der Waals surface area contributed by atoms with Crippen LogP contribution >= 0.6 is 23.1 Å². The van der Waals surface area contributed by atoms with Gasteiger partial charge in [0, 0.05) is 5.88 Å². The molecule has 0 bridgehead atoms. The summed E-state index contributed by atoms with van der Waals surface area (Å²) in [6.07, 6.45) is 4.54. The summed E-state index contributed by atoms with van der Waals surface area (Å²) in [6.45, 7) is 0. The Kier molecular flexibility index (Phi) is 2.69. The molecule has 1 aromatic rings. The van der Waals surface area contributed by atoms with E-state index in [2.05, 4.69) is 14.9 Å². The molecule has 6 heteroatoms. The zero-order valence-electron chi connectivity index (χ0n) is 7.49. The quantitative estimate of drug-likeness (QED) is 0.801. The Morgan fingerprint density at radius 2 is 2.50 bits per heavy atom. The highest BCUT2D eigenvalue weighted by atomic mass is 35.5. The Balaban J connectivity index is 2.01. The fourth-order valence-corrected chi connectivity index (χ4v) is 2.21. The van der Waals surface area contributed by atoms with Gasteiger partial charge in [-0.15, -0.1) is 16.7 Å². The molecule has 1 aliphatic rings. The van der Waals surface area contributed by atoms with Crippen LogP contribution in [0.1, 0.15) is 28.9 Å². The lowest BCUT2D eigenvalue weighted by molar-refractivity contribution is 0.0858. The number of carbonyl (C=O) groups excluding carboxylic acids is 1. The zero-order valence-corrected chi connectivity index (χ0v) is 9.07. The second-order valence-corrected chi connectivity index (χ2v) is 4.56. The van der Waals surface area contributed by atoms with E-state index in [4.69, 9.17) is 11.6 Å². The van der Waals surface area contributed by atoms with Crippen molar-refractivity contribution in [2.75, 3.05) is 5.88 Å². The Hall–Kier alpha value is -0.680. The monoisotopic (exact) mass is 231 g/mol. The van der Waals surface area contributed by atoms with Gasteiger partial charge < -0.3 is 5.32 Å². The number of amides is 1. The molecule has 0 aromatic carbocycles. The van der Waals surface area contributed by atoms with E-state index in [0.29, 0.717) is 10.8 Å². The van der Waals surface area contributed by atoms with E-state index in [1.54, 1.807) is 0 Å². The van der Waals surface area contributed by atoms with Crippen LogP contribution in [-0.2, 0) is 0 Å². The van der Waals surface area contributed by atoms with Crippen molar-refractivity contribution >= 4 is 29.0 Å². The summed E-state index contributed by atoms with van der Waals surface area (Å²) in [5, 5.41) is 6.56. The predicted octanol–water partition coefficient (Wildman–Crippen LogP) is 1.43. The van der Waals surface area contributed by atoms with Crippen LogP contribution in [0.4, 0.5) is 0 Å². The Labute approximate surface area is 90.8 Å². The van der Waals surface area contributed by atoms with Gasteiger partial charge in [-0.25, -0.2) is 0 Å². The number of nitrogens with one attached hydrogen (secondary N) is 1. The maximum atomic E-state index is 11.6. The van der Waals surface area contributed by atoms with Gasteiger partial charge in [-0.2, -0.15) is 0 Å². The molecule has 0 spiro atoms. The second kappa shape index (κ2) is 3.82. The second-order valence-electron chi connectivity index (χ2n) is 3.50. The van der Waals surface area contributed by atoms with Crippen LogP contribution < -0.4 is 5.32 Å². The highest BCUT2D eigenvalue weighted by Gasteiger charge is 2.37. The molecule has 1 aromatic heterocycles. The third kappa shape index (κ3) is 1.74. The molecule has 2 rings (SSSR count). The summed E-state index contributed by atoms with van der Waals surface area (Å²) in [5.74, 6) is 0.366. The number of aromatic nitrogens is 2. The van der Waals surface area contributed by atoms with Gasteiger partial charge in [-0.3, -0.25) is 4.79 Å². The van der Waals surface area contributed by atoms with Gasteiger partial charge in [-0.05, 0) is 30.8 Å². The predicted molar refractivity (Wildman–Crippen MR) is 54.7 cm³/mol. The van der Waals surface area contributed by atoms with E-state index >= 15 is 0 Å². The summed E-state index contributed by atoms with van der Waals surface area (Å²) < 4.78 is 3.64. The number of nitrogens with zero attached hydrogens (tertiary/aromatic N) is 2.